The molecule has 1 amide bonds. The number of hydrogen-bond acceptors (Lipinski definition) is 4. The number of benzene rings is 2. The number of rotatable bonds is 8. The van der Waals surface area contributed by atoms with Crippen LogP contribution in [0.5, 0.6) is 5.75 Å². The molecule has 2 aromatic carbocycles. The standard InChI is InChI=1S/C29H37BrN2O4/c1-19-10-9-13-24(32-14-7-4-8-15-32)27(19)28(20-11-5-3-6-12-20)31-26(33)17-21-16-25(36-2)22(29(34)35)18-23(21)30/h9-10,13,16,18,20,28H,3-8,11-12,14-15,17H2,1-2H3,(H,31,33)(H,34,35). The molecule has 1 unspecified atom stereocenters. The Bertz CT molecular complexity index is 1090. The summed E-state index contributed by atoms with van der Waals surface area (Å²) in [5.41, 5.74) is 4.52. The minimum atomic E-state index is -1.06. The summed E-state index contributed by atoms with van der Waals surface area (Å²) in [4.78, 5) is 27.6. The van der Waals surface area contributed by atoms with Gasteiger partial charge in [0, 0.05) is 28.8 Å². The Morgan fingerprint density at radius 2 is 1.81 bits per heavy atom. The fourth-order valence-electron chi connectivity index (χ4n) is 5.84. The molecule has 1 saturated heterocycles. The number of anilines is 1. The van der Waals surface area contributed by atoms with E-state index in [2.05, 4.69) is 51.3 Å². The number of carboxylic acid groups (broad SMARTS) is 1. The smallest absolute Gasteiger partial charge is 0.339 e. The van der Waals surface area contributed by atoms with E-state index in [9.17, 15) is 14.7 Å². The Kier molecular flexibility index (Phi) is 8.94. The first-order valence-corrected chi connectivity index (χ1v) is 13.9. The van der Waals surface area contributed by atoms with Gasteiger partial charge >= 0.3 is 5.97 Å². The fraction of sp³-hybridized carbons (Fsp3) is 0.517. The average molecular weight is 558 g/mol. The Labute approximate surface area is 222 Å². The van der Waals surface area contributed by atoms with Gasteiger partial charge in [0.1, 0.15) is 11.3 Å². The van der Waals surface area contributed by atoms with E-state index in [4.69, 9.17) is 4.74 Å². The van der Waals surface area contributed by atoms with E-state index in [0.717, 1.165) is 25.9 Å². The second-order valence-electron chi connectivity index (χ2n) is 10.1. The molecule has 1 atom stereocenters. The van der Waals surface area contributed by atoms with Crippen molar-refractivity contribution in [3.8, 4) is 5.75 Å². The molecule has 6 nitrogen and oxygen atoms in total. The van der Waals surface area contributed by atoms with Gasteiger partial charge in [-0.15, -0.1) is 0 Å². The van der Waals surface area contributed by atoms with Crippen LogP contribution in [0.1, 0.15) is 84.5 Å². The zero-order chi connectivity index (χ0) is 25.7. The predicted octanol–water partition coefficient (Wildman–Crippen LogP) is 6.43. The Morgan fingerprint density at radius 3 is 2.47 bits per heavy atom. The predicted molar refractivity (Wildman–Crippen MR) is 146 cm³/mol. The van der Waals surface area contributed by atoms with Crippen LogP contribution in [0.2, 0.25) is 0 Å². The molecule has 7 heteroatoms. The summed E-state index contributed by atoms with van der Waals surface area (Å²) < 4.78 is 5.88. The summed E-state index contributed by atoms with van der Waals surface area (Å²) in [6, 6.07) is 9.64. The summed E-state index contributed by atoms with van der Waals surface area (Å²) in [5.74, 6) is -0.474. The monoisotopic (exact) mass is 556 g/mol. The highest BCUT2D eigenvalue weighted by atomic mass is 79.9. The average Bonchev–Trinajstić information content (AvgIpc) is 2.89. The lowest BCUT2D eigenvalue weighted by atomic mass is 9.79. The number of aromatic carboxylic acids is 1. The van der Waals surface area contributed by atoms with Crippen LogP contribution in [0.3, 0.4) is 0 Å². The van der Waals surface area contributed by atoms with E-state index in [1.165, 1.54) is 68.5 Å². The van der Waals surface area contributed by atoms with Crippen LogP contribution in [0.25, 0.3) is 0 Å². The van der Waals surface area contributed by atoms with Crippen LogP contribution in [-0.2, 0) is 11.2 Å². The van der Waals surface area contributed by atoms with Crippen molar-refractivity contribution >= 4 is 33.5 Å². The molecule has 0 bridgehead atoms. The molecule has 1 saturated carbocycles. The van der Waals surface area contributed by atoms with Gasteiger partial charge in [-0.1, -0.05) is 47.3 Å². The third-order valence-corrected chi connectivity index (χ3v) is 8.43. The molecule has 194 valence electrons. The number of halogens is 1. The number of carbonyl (C=O) groups is 2. The van der Waals surface area contributed by atoms with Crippen molar-refractivity contribution in [2.75, 3.05) is 25.1 Å². The van der Waals surface area contributed by atoms with E-state index >= 15 is 0 Å². The van der Waals surface area contributed by atoms with Crippen LogP contribution in [0, 0.1) is 12.8 Å². The topological polar surface area (TPSA) is 78.9 Å². The third kappa shape index (κ3) is 6.05. The third-order valence-electron chi connectivity index (χ3n) is 7.70. The van der Waals surface area contributed by atoms with Gasteiger partial charge in [0.15, 0.2) is 0 Å². The number of nitrogens with one attached hydrogen (secondary N) is 1. The summed E-state index contributed by atoms with van der Waals surface area (Å²) in [6.07, 6.45) is 9.71. The summed E-state index contributed by atoms with van der Waals surface area (Å²) in [7, 11) is 1.44. The van der Waals surface area contributed by atoms with Crippen molar-refractivity contribution in [2.24, 2.45) is 5.92 Å². The largest absolute Gasteiger partial charge is 0.496 e. The normalized spacial score (nSPS) is 17.5. The van der Waals surface area contributed by atoms with Crippen molar-refractivity contribution in [3.63, 3.8) is 0 Å². The van der Waals surface area contributed by atoms with E-state index in [-0.39, 0.29) is 29.7 Å². The molecule has 2 aromatic rings. The quantitative estimate of drug-likeness (QED) is 0.391. The zero-order valence-electron chi connectivity index (χ0n) is 21.3. The molecule has 0 aromatic heterocycles. The maximum absolute atomic E-state index is 13.5. The Balaban J connectivity index is 1.64. The molecular weight excluding hydrogens is 520 g/mol. The highest BCUT2D eigenvalue weighted by Crippen LogP contribution is 2.40. The molecule has 2 aliphatic rings. The van der Waals surface area contributed by atoms with Crippen molar-refractivity contribution in [3.05, 3.63) is 57.1 Å². The van der Waals surface area contributed by atoms with Gasteiger partial charge in [-0.05, 0) is 74.3 Å². The lowest BCUT2D eigenvalue weighted by molar-refractivity contribution is -0.121. The van der Waals surface area contributed by atoms with Crippen molar-refractivity contribution in [1.82, 2.24) is 5.32 Å². The van der Waals surface area contributed by atoms with E-state index < -0.39 is 5.97 Å². The molecule has 36 heavy (non-hydrogen) atoms. The summed E-state index contributed by atoms with van der Waals surface area (Å²) >= 11 is 3.46. The van der Waals surface area contributed by atoms with Crippen molar-refractivity contribution in [1.29, 1.82) is 0 Å². The number of piperidine rings is 1. The van der Waals surface area contributed by atoms with Crippen LogP contribution in [-0.4, -0.2) is 37.2 Å². The molecule has 0 radical (unpaired) electrons. The van der Waals surface area contributed by atoms with E-state index in [0.29, 0.717) is 16.0 Å². The first kappa shape index (κ1) is 26.5. The summed E-state index contributed by atoms with van der Waals surface area (Å²) in [5, 5.41) is 12.9. The van der Waals surface area contributed by atoms with Crippen LogP contribution in [0.4, 0.5) is 5.69 Å². The second kappa shape index (κ2) is 12.1. The number of nitrogens with zero attached hydrogens (tertiary/aromatic N) is 1. The molecule has 4 rings (SSSR count). The number of carboxylic acids is 1. The highest BCUT2D eigenvalue weighted by molar-refractivity contribution is 9.10. The number of hydrogen-bond donors (Lipinski definition) is 2. The Hall–Kier alpha value is -2.54. The lowest BCUT2D eigenvalue weighted by Crippen LogP contribution is -2.38. The van der Waals surface area contributed by atoms with Gasteiger partial charge in [-0.25, -0.2) is 4.79 Å². The van der Waals surface area contributed by atoms with Gasteiger partial charge in [0.2, 0.25) is 5.91 Å². The first-order chi connectivity index (χ1) is 17.4. The SMILES string of the molecule is COc1cc(CC(=O)NC(c2c(C)cccc2N2CCCCC2)C2CCCCC2)c(Br)cc1C(=O)O. The van der Waals surface area contributed by atoms with Gasteiger partial charge < -0.3 is 20.1 Å². The Morgan fingerprint density at radius 1 is 1.11 bits per heavy atom. The van der Waals surface area contributed by atoms with Gasteiger partial charge in [-0.2, -0.15) is 0 Å². The van der Waals surface area contributed by atoms with E-state index in [1.807, 2.05) is 0 Å². The van der Waals surface area contributed by atoms with Crippen LogP contribution >= 0.6 is 15.9 Å². The molecule has 2 fully saturated rings. The van der Waals surface area contributed by atoms with Crippen molar-refractivity contribution < 1.29 is 19.4 Å². The molecular formula is C29H37BrN2O4. The number of amides is 1. The first-order valence-electron chi connectivity index (χ1n) is 13.1. The van der Waals surface area contributed by atoms with Gasteiger partial charge in [-0.3, -0.25) is 4.79 Å². The molecule has 1 aliphatic carbocycles. The molecule has 2 N–H and O–H groups in total. The minimum absolute atomic E-state index is 0.0464. The molecule has 1 heterocycles. The number of methoxy groups -OCH3 is 1. The van der Waals surface area contributed by atoms with Crippen LogP contribution in [0.15, 0.2) is 34.8 Å². The summed E-state index contributed by atoms with van der Waals surface area (Å²) in [6.45, 7) is 4.28. The number of aryl methyl sites for hydroxylation is 1. The van der Waals surface area contributed by atoms with Gasteiger partial charge in [0.25, 0.3) is 0 Å². The number of carbonyl (C=O) groups excluding carboxylic acids is 1. The molecule has 1 aliphatic heterocycles. The van der Waals surface area contributed by atoms with Gasteiger partial charge in [0.05, 0.1) is 19.6 Å². The minimum Gasteiger partial charge on any atom is -0.496 e. The van der Waals surface area contributed by atoms with E-state index in [1.54, 1.807) is 6.07 Å². The number of ether oxygens (including phenoxy) is 1. The maximum atomic E-state index is 13.5. The van der Waals surface area contributed by atoms with Crippen LogP contribution < -0.4 is 15.0 Å². The fourth-order valence-corrected chi connectivity index (χ4v) is 6.32. The second-order valence-corrected chi connectivity index (χ2v) is 11.0. The molecule has 0 spiro atoms. The highest BCUT2D eigenvalue weighted by Gasteiger charge is 2.31. The zero-order valence-corrected chi connectivity index (χ0v) is 22.9. The maximum Gasteiger partial charge on any atom is 0.339 e. The van der Waals surface area contributed by atoms with Crippen molar-refractivity contribution in [2.45, 2.75) is 70.8 Å². The lowest BCUT2D eigenvalue weighted by Gasteiger charge is -2.37.